The van der Waals surface area contributed by atoms with Gasteiger partial charge in [-0.05, 0) is 40.2 Å². The van der Waals surface area contributed by atoms with E-state index in [4.69, 9.17) is 9.26 Å². The summed E-state index contributed by atoms with van der Waals surface area (Å²) in [5.41, 5.74) is -1.65. The lowest BCUT2D eigenvalue weighted by Gasteiger charge is -2.28. The van der Waals surface area contributed by atoms with Crippen LogP contribution in [0.25, 0.3) is 0 Å². The molecule has 0 saturated carbocycles. The van der Waals surface area contributed by atoms with Crippen LogP contribution in [0, 0.1) is 0 Å². The van der Waals surface area contributed by atoms with E-state index in [9.17, 15) is 5.11 Å². The van der Waals surface area contributed by atoms with E-state index in [1.807, 2.05) is 20.8 Å². The maximum atomic E-state index is 10.5. The number of hydrogen-bond donors (Lipinski definition) is 2. The predicted octanol–water partition coefficient (Wildman–Crippen LogP) is 0.912. The molecule has 1 unspecified atom stereocenters. The molecule has 0 spiro atoms. The lowest BCUT2D eigenvalue weighted by atomic mass is 9.94. The molecule has 1 aromatic rings. The number of ether oxygens (including phenoxy) is 1. The van der Waals surface area contributed by atoms with Crippen LogP contribution in [-0.4, -0.2) is 34.9 Å². The highest BCUT2D eigenvalue weighted by Gasteiger charge is 2.39. The van der Waals surface area contributed by atoms with Crippen LogP contribution in [0.15, 0.2) is 4.52 Å². The molecule has 1 saturated heterocycles. The summed E-state index contributed by atoms with van der Waals surface area (Å²) in [6.45, 7) is 7.62. The number of hydrogen-bond acceptors (Lipinski definition) is 6. The first kappa shape index (κ1) is 13.5. The Balaban J connectivity index is 2.19. The smallest absolute Gasteiger partial charge is 0.260 e. The molecule has 6 nitrogen and oxygen atoms in total. The first-order valence-corrected chi connectivity index (χ1v) is 6.40. The highest BCUT2D eigenvalue weighted by Crippen LogP contribution is 2.29. The quantitative estimate of drug-likeness (QED) is 0.832. The van der Waals surface area contributed by atoms with Crippen LogP contribution in [0.5, 0.6) is 0 Å². The van der Waals surface area contributed by atoms with Gasteiger partial charge in [0.1, 0.15) is 5.60 Å². The van der Waals surface area contributed by atoms with Crippen molar-refractivity contribution in [1.29, 1.82) is 0 Å². The van der Waals surface area contributed by atoms with E-state index in [0.717, 1.165) is 13.0 Å². The molecular formula is C12H21N3O3. The van der Waals surface area contributed by atoms with Gasteiger partial charge in [0.05, 0.1) is 0 Å². The fraction of sp³-hybridized carbons (Fsp3) is 0.833. The van der Waals surface area contributed by atoms with E-state index in [1.54, 1.807) is 0 Å². The first-order valence-electron chi connectivity index (χ1n) is 6.40. The second-order valence-corrected chi connectivity index (χ2v) is 5.18. The molecule has 1 aromatic heterocycles. The molecule has 2 N–H and O–H groups in total. The summed E-state index contributed by atoms with van der Waals surface area (Å²) in [4.78, 5) is 4.30. The van der Waals surface area contributed by atoms with Crippen LogP contribution >= 0.6 is 0 Å². The largest absolute Gasteiger partial charge is 0.379 e. The van der Waals surface area contributed by atoms with Crippen molar-refractivity contribution < 1.29 is 14.4 Å². The first-order chi connectivity index (χ1) is 8.48. The van der Waals surface area contributed by atoms with E-state index >= 15 is 0 Å². The van der Waals surface area contributed by atoms with Gasteiger partial charge in [-0.1, -0.05) is 5.16 Å². The van der Waals surface area contributed by atoms with E-state index in [0.29, 0.717) is 25.4 Å². The van der Waals surface area contributed by atoms with Gasteiger partial charge in [-0.3, -0.25) is 0 Å². The Labute approximate surface area is 107 Å². The molecule has 6 heteroatoms. The van der Waals surface area contributed by atoms with Crippen LogP contribution in [0.4, 0.5) is 0 Å². The molecule has 0 aromatic carbocycles. The molecule has 1 atom stereocenters. The third-order valence-corrected chi connectivity index (χ3v) is 3.23. The van der Waals surface area contributed by atoms with Gasteiger partial charge in [0.25, 0.3) is 5.89 Å². The highest BCUT2D eigenvalue weighted by molar-refractivity contribution is 5.05. The van der Waals surface area contributed by atoms with Crippen molar-refractivity contribution in [3.8, 4) is 0 Å². The molecule has 1 aliphatic rings. The number of piperidine rings is 1. The van der Waals surface area contributed by atoms with Crippen LogP contribution in [-0.2, 0) is 15.9 Å². The van der Waals surface area contributed by atoms with Crippen molar-refractivity contribution in [3.05, 3.63) is 11.7 Å². The molecule has 18 heavy (non-hydrogen) atoms. The molecule has 0 bridgehead atoms. The number of rotatable bonds is 4. The van der Waals surface area contributed by atoms with Gasteiger partial charge >= 0.3 is 0 Å². The molecular weight excluding hydrogens is 234 g/mol. The van der Waals surface area contributed by atoms with Gasteiger partial charge in [-0.25, -0.2) is 0 Å². The summed E-state index contributed by atoms with van der Waals surface area (Å²) in [6, 6.07) is 0. The minimum atomic E-state index is -1.05. The Morgan fingerprint density at radius 2 is 2.33 bits per heavy atom. The topological polar surface area (TPSA) is 80.4 Å². The Kier molecular flexibility index (Phi) is 3.70. The van der Waals surface area contributed by atoms with Crippen molar-refractivity contribution >= 4 is 0 Å². The van der Waals surface area contributed by atoms with Gasteiger partial charge < -0.3 is 19.7 Å². The normalized spacial score (nSPS) is 25.3. The van der Waals surface area contributed by atoms with Crippen molar-refractivity contribution in [2.75, 3.05) is 19.7 Å². The molecule has 2 rings (SSSR count). The van der Waals surface area contributed by atoms with E-state index < -0.39 is 11.2 Å². The number of β-amino-alcohol motifs (C(OH)–C–C–N with tert-alkyl or cyclic N) is 1. The van der Waals surface area contributed by atoms with Crippen LogP contribution in [0.2, 0.25) is 0 Å². The second-order valence-electron chi connectivity index (χ2n) is 5.18. The Bertz CT molecular complexity index is 397. The van der Waals surface area contributed by atoms with Gasteiger partial charge in [-0.2, -0.15) is 4.98 Å². The number of nitrogens with one attached hydrogen (secondary N) is 1. The maximum Gasteiger partial charge on any atom is 0.260 e. The van der Waals surface area contributed by atoms with Gasteiger partial charge in [0.2, 0.25) is 5.82 Å². The minimum absolute atomic E-state index is 0.275. The third kappa shape index (κ3) is 2.55. The third-order valence-electron chi connectivity index (χ3n) is 3.23. The summed E-state index contributed by atoms with van der Waals surface area (Å²) < 4.78 is 10.8. The van der Waals surface area contributed by atoms with E-state index in [-0.39, 0.29) is 5.89 Å². The Morgan fingerprint density at radius 1 is 1.56 bits per heavy atom. The second kappa shape index (κ2) is 4.95. The lowest BCUT2D eigenvalue weighted by molar-refractivity contribution is -0.0222. The zero-order valence-corrected chi connectivity index (χ0v) is 11.2. The van der Waals surface area contributed by atoms with Gasteiger partial charge in [0.15, 0.2) is 5.60 Å². The molecule has 1 fully saturated rings. The standard InChI is InChI=1S/C12H21N3O3/c1-4-17-11(2,3)9-14-10(18-15-9)12(16)6-5-7-13-8-12/h13,16H,4-8H2,1-3H3. The summed E-state index contributed by atoms with van der Waals surface area (Å²) in [7, 11) is 0. The molecule has 2 heterocycles. The average molecular weight is 255 g/mol. The lowest BCUT2D eigenvalue weighted by Crippen LogP contribution is -2.43. The molecule has 0 radical (unpaired) electrons. The zero-order valence-electron chi connectivity index (χ0n) is 11.2. The predicted molar refractivity (Wildman–Crippen MR) is 65.0 cm³/mol. The summed E-state index contributed by atoms with van der Waals surface area (Å²) in [6.07, 6.45) is 1.53. The SMILES string of the molecule is CCOC(C)(C)c1noc(C2(O)CCCNC2)n1. The molecule has 0 amide bonds. The minimum Gasteiger partial charge on any atom is -0.379 e. The zero-order chi connectivity index (χ0) is 13.2. The fourth-order valence-corrected chi connectivity index (χ4v) is 2.15. The van der Waals surface area contributed by atoms with Crippen LogP contribution in [0.1, 0.15) is 45.3 Å². The van der Waals surface area contributed by atoms with Crippen LogP contribution < -0.4 is 5.32 Å². The summed E-state index contributed by atoms with van der Waals surface area (Å²) in [5.74, 6) is 0.746. The molecule has 102 valence electrons. The Hall–Kier alpha value is -0.980. The number of aromatic nitrogens is 2. The fourth-order valence-electron chi connectivity index (χ4n) is 2.15. The van der Waals surface area contributed by atoms with Gasteiger partial charge in [0, 0.05) is 13.2 Å². The van der Waals surface area contributed by atoms with Crippen LogP contribution in [0.3, 0.4) is 0 Å². The highest BCUT2D eigenvalue weighted by atomic mass is 16.5. The average Bonchev–Trinajstić information content (AvgIpc) is 2.80. The Morgan fingerprint density at radius 3 is 2.94 bits per heavy atom. The summed E-state index contributed by atoms with van der Waals surface area (Å²) in [5, 5.41) is 17.5. The summed E-state index contributed by atoms with van der Waals surface area (Å²) >= 11 is 0. The van der Waals surface area contributed by atoms with E-state index in [2.05, 4.69) is 15.5 Å². The van der Waals surface area contributed by atoms with Gasteiger partial charge in [-0.15, -0.1) is 0 Å². The molecule has 0 aliphatic carbocycles. The number of nitrogens with zero attached hydrogens (tertiary/aromatic N) is 2. The maximum absolute atomic E-state index is 10.5. The van der Waals surface area contributed by atoms with Crippen molar-refractivity contribution in [3.63, 3.8) is 0 Å². The van der Waals surface area contributed by atoms with Crippen molar-refractivity contribution in [2.24, 2.45) is 0 Å². The monoisotopic (exact) mass is 255 g/mol. The van der Waals surface area contributed by atoms with Crippen molar-refractivity contribution in [1.82, 2.24) is 15.5 Å². The van der Waals surface area contributed by atoms with Crippen molar-refractivity contribution in [2.45, 2.75) is 44.8 Å². The molecule has 1 aliphatic heterocycles. The van der Waals surface area contributed by atoms with E-state index in [1.165, 1.54) is 0 Å². The number of aliphatic hydroxyl groups is 1.